The summed E-state index contributed by atoms with van der Waals surface area (Å²) in [6, 6.07) is 6.08. The summed E-state index contributed by atoms with van der Waals surface area (Å²) in [6.07, 6.45) is 4.21. The van der Waals surface area contributed by atoms with E-state index < -0.39 is 4.75 Å². The molecule has 0 amide bonds. The van der Waals surface area contributed by atoms with E-state index >= 15 is 0 Å². The van der Waals surface area contributed by atoms with E-state index in [1.807, 2.05) is 37.9 Å². The Bertz CT molecular complexity index is 427. The fourth-order valence-electron chi connectivity index (χ4n) is 1.11. The number of anilines is 1. The molecule has 90 valence electrons. The number of thiocarbonyl (C=S) groups is 1. The minimum atomic E-state index is -0.460. The van der Waals surface area contributed by atoms with Gasteiger partial charge in [0.2, 0.25) is 0 Å². The van der Waals surface area contributed by atoms with Crippen LogP contribution in [-0.4, -0.2) is 21.1 Å². The van der Waals surface area contributed by atoms with E-state index in [1.54, 1.807) is 12.4 Å². The fourth-order valence-corrected chi connectivity index (χ4v) is 2.58. The molecule has 0 aliphatic heterocycles. The summed E-state index contributed by atoms with van der Waals surface area (Å²) in [5.74, 6) is 0. The summed E-state index contributed by atoms with van der Waals surface area (Å²) in [5.41, 5.74) is 0.980. The van der Waals surface area contributed by atoms with Gasteiger partial charge in [-0.25, -0.2) is 0 Å². The van der Waals surface area contributed by atoms with Gasteiger partial charge in [0.15, 0.2) is 0 Å². The van der Waals surface area contributed by atoms with Gasteiger partial charge in [0, 0.05) is 25.1 Å². The van der Waals surface area contributed by atoms with Crippen molar-refractivity contribution in [2.75, 3.05) is 11.9 Å². The van der Waals surface area contributed by atoms with E-state index in [2.05, 4.69) is 11.1 Å². The molecule has 0 N–H and O–H groups in total. The van der Waals surface area contributed by atoms with Crippen LogP contribution < -0.4 is 4.90 Å². The molecule has 0 aromatic carbocycles. The molecule has 5 heteroatoms. The largest absolute Gasteiger partial charge is 0.330 e. The van der Waals surface area contributed by atoms with Crippen molar-refractivity contribution in [3.63, 3.8) is 0 Å². The topological polar surface area (TPSA) is 39.9 Å². The molecule has 0 bridgehead atoms. The van der Waals surface area contributed by atoms with Crippen molar-refractivity contribution in [2.45, 2.75) is 25.0 Å². The monoisotopic (exact) mass is 265 g/mol. The Hall–Kier alpha value is -1.12. The zero-order valence-electron chi connectivity index (χ0n) is 10.2. The molecule has 0 saturated heterocycles. The van der Waals surface area contributed by atoms with Crippen LogP contribution in [0.3, 0.4) is 0 Å². The van der Waals surface area contributed by atoms with Gasteiger partial charge in [-0.05, 0) is 25.5 Å². The molecule has 0 saturated carbocycles. The highest BCUT2D eigenvalue weighted by Gasteiger charge is 2.26. The number of pyridine rings is 1. The molecule has 0 spiro atoms. The van der Waals surface area contributed by atoms with Crippen LogP contribution in [0.15, 0.2) is 24.5 Å². The van der Waals surface area contributed by atoms with Crippen LogP contribution in [0.5, 0.6) is 0 Å². The molecule has 1 unspecified atom stereocenters. The van der Waals surface area contributed by atoms with E-state index in [1.165, 1.54) is 11.8 Å². The number of thioether (sulfide) groups is 1. The molecular weight excluding hydrogens is 250 g/mol. The maximum Gasteiger partial charge on any atom is 0.142 e. The number of nitrogens with zero attached hydrogens (tertiary/aromatic N) is 3. The summed E-state index contributed by atoms with van der Waals surface area (Å²) in [7, 11) is 1.90. The third-order valence-electron chi connectivity index (χ3n) is 2.55. The molecule has 1 rings (SSSR count). The lowest BCUT2D eigenvalue weighted by Gasteiger charge is -2.25. The van der Waals surface area contributed by atoms with Gasteiger partial charge in [-0.15, -0.1) is 0 Å². The van der Waals surface area contributed by atoms with Crippen LogP contribution in [-0.2, 0) is 0 Å². The van der Waals surface area contributed by atoms with Gasteiger partial charge in [-0.2, -0.15) is 5.26 Å². The Morgan fingerprint density at radius 2 is 2.18 bits per heavy atom. The van der Waals surface area contributed by atoms with Gasteiger partial charge in [0.25, 0.3) is 0 Å². The summed E-state index contributed by atoms with van der Waals surface area (Å²) < 4.78 is 0.236. The average molecular weight is 265 g/mol. The lowest BCUT2D eigenvalue weighted by molar-refractivity contribution is 0.773. The van der Waals surface area contributed by atoms with Gasteiger partial charge >= 0.3 is 0 Å². The zero-order chi connectivity index (χ0) is 12.9. The Kier molecular flexibility index (Phi) is 4.91. The third-order valence-corrected chi connectivity index (χ3v) is 4.35. The van der Waals surface area contributed by atoms with Gasteiger partial charge < -0.3 is 4.90 Å². The summed E-state index contributed by atoms with van der Waals surface area (Å²) in [5, 5.41) is 9.13. The molecule has 0 fully saturated rings. The second-order valence-corrected chi connectivity index (χ2v) is 5.97. The molecule has 3 nitrogen and oxygen atoms in total. The van der Waals surface area contributed by atoms with Crippen LogP contribution in [0.1, 0.15) is 20.3 Å². The maximum absolute atomic E-state index is 9.13. The molecule has 0 aliphatic rings. The van der Waals surface area contributed by atoms with E-state index in [0.717, 1.165) is 12.1 Å². The molecule has 1 atom stereocenters. The highest BCUT2D eigenvalue weighted by atomic mass is 32.2. The normalized spacial score (nSPS) is 13.5. The average Bonchev–Trinajstić information content (AvgIpc) is 2.38. The predicted octanol–water partition coefficient (Wildman–Crippen LogP) is 3.23. The number of rotatable bonds is 3. The molecule has 17 heavy (non-hydrogen) atoms. The molecule has 0 radical (unpaired) electrons. The van der Waals surface area contributed by atoms with E-state index in [4.69, 9.17) is 17.5 Å². The SMILES string of the molecule is CCC(C)(C#N)SC(=S)N(C)c1ccncc1. The molecule has 1 heterocycles. The van der Waals surface area contributed by atoms with Gasteiger partial charge in [0.1, 0.15) is 9.07 Å². The van der Waals surface area contributed by atoms with Crippen molar-refractivity contribution in [1.29, 1.82) is 5.26 Å². The van der Waals surface area contributed by atoms with Gasteiger partial charge in [0.05, 0.1) is 6.07 Å². The molecule has 0 aliphatic carbocycles. The van der Waals surface area contributed by atoms with Crippen molar-refractivity contribution in [3.05, 3.63) is 24.5 Å². The van der Waals surface area contributed by atoms with Crippen LogP contribution in [0.2, 0.25) is 0 Å². The van der Waals surface area contributed by atoms with Crippen molar-refractivity contribution in [2.24, 2.45) is 0 Å². The van der Waals surface area contributed by atoms with Gasteiger partial charge in [-0.1, -0.05) is 30.9 Å². The highest BCUT2D eigenvalue weighted by molar-refractivity contribution is 8.24. The van der Waals surface area contributed by atoms with Crippen LogP contribution in [0.4, 0.5) is 5.69 Å². The quantitative estimate of drug-likeness (QED) is 0.785. The van der Waals surface area contributed by atoms with Gasteiger partial charge in [-0.3, -0.25) is 4.98 Å². The number of hydrogen-bond acceptors (Lipinski definition) is 4. The highest BCUT2D eigenvalue weighted by Crippen LogP contribution is 2.31. The lowest BCUT2D eigenvalue weighted by Crippen LogP contribution is -2.28. The zero-order valence-corrected chi connectivity index (χ0v) is 11.8. The summed E-state index contributed by atoms with van der Waals surface area (Å²) in [4.78, 5) is 5.86. The summed E-state index contributed by atoms with van der Waals surface area (Å²) in [6.45, 7) is 3.90. The lowest BCUT2D eigenvalue weighted by atomic mass is 10.1. The Balaban J connectivity index is 2.76. The van der Waals surface area contributed by atoms with Crippen molar-refractivity contribution in [1.82, 2.24) is 4.98 Å². The maximum atomic E-state index is 9.13. The first-order chi connectivity index (χ1) is 8.02. The molecule has 1 aromatic heterocycles. The van der Waals surface area contributed by atoms with Crippen LogP contribution in [0.25, 0.3) is 0 Å². The van der Waals surface area contributed by atoms with E-state index in [-0.39, 0.29) is 0 Å². The molecular formula is C12H15N3S2. The van der Waals surface area contributed by atoms with Crippen LogP contribution in [0, 0.1) is 11.3 Å². The predicted molar refractivity (Wildman–Crippen MR) is 77.1 cm³/mol. The summed E-state index contributed by atoms with van der Waals surface area (Å²) >= 11 is 6.78. The second kappa shape index (κ2) is 5.99. The first-order valence-corrected chi connectivity index (χ1v) is 6.53. The van der Waals surface area contributed by atoms with E-state index in [0.29, 0.717) is 4.32 Å². The number of nitriles is 1. The van der Waals surface area contributed by atoms with Crippen molar-refractivity contribution in [3.8, 4) is 6.07 Å². The smallest absolute Gasteiger partial charge is 0.142 e. The van der Waals surface area contributed by atoms with Crippen molar-refractivity contribution >= 4 is 34.0 Å². The Morgan fingerprint density at radius 3 is 2.65 bits per heavy atom. The van der Waals surface area contributed by atoms with E-state index in [9.17, 15) is 0 Å². The first kappa shape index (κ1) is 13.9. The fraction of sp³-hybridized carbons (Fsp3) is 0.417. The molecule has 1 aromatic rings. The standard InChI is InChI=1S/C12H15N3S2/c1-4-12(2,9-13)17-11(16)15(3)10-5-7-14-8-6-10/h5-8H,4H2,1-3H3. The minimum Gasteiger partial charge on any atom is -0.330 e. The first-order valence-electron chi connectivity index (χ1n) is 5.30. The van der Waals surface area contributed by atoms with Crippen LogP contribution >= 0.6 is 24.0 Å². The number of hydrogen-bond donors (Lipinski definition) is 0. The number of aromatic nitrogens is 1. The Morgan fingerprint density at radius 1 is 1.59 bits per heavy atom. The van der Waals surface area contributed by atoms with Crippen molar-refractivity contribution < 1.29 is 0 Å². The minimum absolute atomic E-state index is 0.460. The second-order valence-electron chi connectivity index (χ2n) is 3.83. The third kappa shape index (κ3) is 3.69. The Labute approximate surface area is 112 Å².